The van der Waals surface area contributed by atoms with Crippen molar-refractivity contribution >= 4 is 5.91 Å². The Morgan fingerprint density at radius 1 is 0.711 bits per heavy atom. The van der Waals surface area contributed by atoms with E-state index in [2.05, 4.69) is 12.2 Å². The van der Waals surface area contributed by atoms with Crippen molar-refractivity contribution in [3.05, 3.63) is 0 Å². The van der Waals surface area contributed by atoms with Crippen LogP contribution in [0.2, 0.25) is 0 Å². The van der Waals surface area contributed by atoms with E-state index in [1.54, 1.807) is 0 Å². The second kappa shape index (κ2) is 21.8. The molecule has 45 heavy (non-hydrogen) atoms. The number of aliphatic hydroxyl groups is 8. The molecule has 2 fully saturated rings. The minimum absolute atomic E-state index is 0.238. The zero-order valence-electron chi connectivity index (χ0n) is 26.9. The van der Waals surface area contributed by atoms with Gasteiger partial charge < -0.3 is 65.1 Å². The number of rotatable bonds is 22. The maximum Gasteiger partial charge on any atom is 0.220 e. The Hall–Kier alpha value is -1.01. The molecule has 2 aliphatic heterocycles. The van der Waals surface area contributed by atoms with E-state index in [-0.39, 0.29) is 12.5 Å². The minimum atomic E-state index is -1.77. The maximum atomic E-state index is 12.6. The number of hydrogen-bond donors (Lipinski definition) is 9. The van der Waals surface area contributed by atoms with Crippen molar-refractivity contribution in [1.29, 1.82) is 0 Å². The molecule has 0 aromatic heterocycles. The van der Waals surface area contributed by atoms with Crippen LogP contribution in [-0.2, 0) is 23.7 Å². The zero-order valence-corrected chi connectivity index (χ0v) is 26.9. The van der Waals surface area contributed by atoms with Gasteiger partial charge in [0.2, 0.25) is 5.91 Å². The molecule has 2 heterocycles. The quantitative estimate of drug-likeness (QED) is 0.0678. The van der Waals surface area contributed by atoms with E-state index in [1.165, 1.54) is 25.7 Å². The molecule has 2 saturated heterocycles. The summed E-state index contributed by atoms with van der Waals surface area (Å²) in [6.07, 6.45) is -4.58. The fraction of sp³-hybridized carbons (Fsp3) is 0.968. The topological polar surface area (TPSA) is 228 Å². The van der Waals surface area contributed by atoms with E-state index in [4.69, 9.17) is 18.9 Å². The third-order valence-electron chi connectivity index (χ3n) is 8.57. The highest BCUT2D eigenvalue weighted by molar-refractivity contribution is 5.76. The number of aliphatic hydroxyl groups excluding tert-OH is 8. The summed E-state index contributed by atoms with van der Waals surface area (Å²) in [6.45, 7) is 2.56. The molecular formula is C31H59NO13. The van der Waals surface area contributed by atoms with Crippen molar-refractivity contribution in [3.8, 4) is 0 Å². The van der Waals surface area contributed by atoms with Gasteiger partial charge in [0.1, 0.15) is 48.8 Å². The fourth-order valence-electron chi connectivity index (χ4n) is 5.64. The van der Waals surface area contributed by atoms with Crippen LogP contribution >= 0.6 is 0 Å². The summed E-state index contributed by atoms with van der Waals surface area (Å²) in [7, 11) is 0. The molecule has 14 nitrogen and oxygen atoms in total. The van der Waals surface area contributed by atoms with Crippen LogP contribution in [0.5, 0.6) is 0 Å². The van der Waals surface area contributed by atoms with Crippen LogP contribution in [0.4, 0.5) is 0 Å². The summed E-state index contributed by atoms with van der Waals surface area (Å²) in [5.41, 5.74) is 0. The van der Waals surface area contributed by atoms with Crippen LogP contribution in [0, 0.1) is 0 Å². The van der Waals surface area contributed by atoms with Crippen LogP contribution in [0.1, 0.15) is 97.3 Å². The molecule has 0 aromatic rings. The molecule has 0 saturated carbocycles. The predicted molar refractivity (Wildman–Crippen MR) is 162 cm³/mol. The zero-order chi connectivity index (χ0) is 33.4. The Morgan fingerprint density at radius 2 is 1.27 bits per heavy atom. The van der Waals surface area contributed by atoms with Crippen molar-refractivity contribution in [2.24, 2.45) is 0 Å². The Bertz CT molecular complexity index is 791. The molecule has 2 rings (SSSR count). The summed E-state index contributed by atoms with van der Waals surface area (Å²) >= 11 is 0. The highest BCUT2D eigenvalue weighted by Crippen LogP contribution is 2.29. The third kappa shape index (κ3) is 12.8. The van der Waals surface area contributed by atoms with Gasteiger partial charge in [-0.25, -0.2) is 0 Å². The van der Waals surface area contributed by atoms with Gasteiger partial charge in [0.05, 0.1) is 32.0 Å². The lowest BCUT2D eigenvalue weighted by molar-refractivity contribution is -0.359. The molecule has 0 bridgehead atoms. The first-order valence-corrected chi connectivity index (χ1v) is 16.8. The van der Waals surface area contributed by atoms with Gasteiger partial charge >= 0.3 is 0 Å². The van der Waals surface area contributed by atoms with Crippen molar-refractivity contribution in [2.75, 3.05) is 19.8 Å². The van der Waals surface area contributed by atoms with E-state index >= 15 is 0 Å². The van der Waals surface area contributed by atoms with Crippen LogP contribution in [0.3, 0.4) is 0 Å². The Morgan fingerprint density at radius 3 is 1.89 bits per heavy atom. The molecule has 12 unspecified atom stereocenters. The first-order valence-electron chi connectivity index (χ1n) is 16.8. The molecule has 0 aliphatic carbocycles. The molecule has 9 N–H and O–H groups in total. The number of carbonyl (C=O) groups is 1. The molecule has 12 atom stereocenters. The summed E-state index contributed by atoms with van der Waals surface area (Å²) in [5, 5.41) is 85.3. The van der Waals surface area contributed by atoms with Gasteiger partial charge in [-0.2, -0.15) is 0 Å². The Labute approximate surface area is 266 Å². The van der Waals surface area contributed by atoms with Crippen LogP contribution in [0.15, 0.2) is 0 Å². The molecule has 2 aliphatic rings. The molecule has 0 spiro atoms. The number of ether oxygens (including phenoxy) is 4. The van der Waals surface area contributed by atoms with E-state index in [9.17, 15) is 45.6 Å². The lowest BCUT2D eigenvalue weighted by atomic mass is 9.97. The average molecular weight is 654 g/mol. The van der Waals surface area contributed by atoms with E-state index in [0.717, 1.165) is 38.5 Å². The monoisotopic (exact) mass is 653 g/mol. The average Bonchev–Trinajstić information content (AvgIpc) is 3.03. The molecule has 0 radical (unpaired) electrons. The number of amides is 1. The van der Waals surface area contributed by atoms with Gasteiger partial charge in [-0.1, -0.05) is 78.1 Å². The molecular weight excluding hydrogens is 594 g/mol. The normalized spacial score (nSPS) is 33.6. The van der Waals surface area contributed by atoms with Gasteiger partial charge in [0, 0.05) is 6.42 Å². The molecule has 266 valence electrons. The van der Waals surface area contributed by atoms with Crippen molar-refractivity contribution < 1.29 is 64.6 Å². The van der Waals surface area contributed by atoms with Crippen LogP contribution in [-0.4, -0.2) is 140 Å². The number of hydrogen-bond acceptors (Lipinski definition) is 13. The van der Waals surface area contributed by atoms with Crippen molar-refractivity contribution in [3.63, 3.8) is 0 Å². The van der Waals surface area contributed by atoms with E-state index in [1.807, 2.05) is 6.92 Å². The Balaban J connectivity index is 1.99. The first kappa shape index (κ1) is 40.2. The lowest BCUT2D eigenvalue weighted by Gasteiger charge is -2.46. The summed E-state index contributed by atoms with van der Waals surface area (Å²) in [4.78, 5) is 12.6. The summed E-state index contributed by atoms with van der Waals surface area (Å²) in [5.74, 6) is -0.238. The minimum Gasteiger partial charge on any atom is -0.394 e. The van der Waals surface area contributed by atoms with Crippen molar-refractivity contribution in [2.45, 2.75) is 171 Å². The van der Waals surface area contributed by atoms with Crippen LogP contribution < -0.4 is 5.32 Å². The fourth-order valence-corrected chi connectivity index (χ4v) is 5.64. The maximum absolute atomic E-state index is 12.6. The van der Waals surface area contributed by atoms with Gasteiger partial charge in [0.15, 0.2) is 12.6 Å². The SMILES string of the molecule is CCCCCCCCCCC(O)C(COC1OC(CO)C(OC2OC(CO)C(O)C(O)C2O)C(O)C1O)NC(=O)CCCCC. The second-order valence-corrected chi connectivity index (χ2v) is 12.3. The van der Waals surface area contributed by atoms with Crippen molar-refractivity contribution in [1.82, 2.24) is 5.32 Å². The Kier molecular flexibility index (Phi) is 19.4. The lowest BCUT2D eigenvalue weighted by Crippen LogP contribution is -2.65. The number of unbranched alkanes of at least 4 members (excludes halogenated alkanes) is 9. The van der Waals surface area contributed by atoms with Gasteiger partial charge in [0.25, 0.3) is 0 Å². The highest BCUT2D eigenvalue weighted by atomic mass is 16.7. The summed E-state index contributed by atoms with van der Waals surface area (Å²) in [6, 6.07) is -0.813. The molecule has 1 amide bonds. The van der Waals surface area contributed by atoms with Gasteiger partial charge in [-0.05, 0) is 12.8 Å². The van der Waals surface area contributed by atoms with E-state index < -0.39 is 86.8 Å². The smallest absolute Gasteiger partial charge is 0.220 e. The first-order chi connectivity index (χ1) is 21.6. The second-order valence-electron chi connectivity index (χ2n) is 12.3. The van der Waals surface area contributed by atoms with Gasteiger partial charge in [-0.3, -0.25) is 4.79 Å². The molecule has 0 aromatic carbocycles. The third-order valence-corrected chi connectivity index (χ3v) is 8.57. The largest absolute Gasteiger partial charge is 0.394 e. The summed E-state index contributed by atoms with van der Waals surface area (Å²) < 4.78 is 22.3. The number of nitrogens with one attached hydrogen (secondary N) is 1. The van der Waals surface area contributed by atoms with E-state index in [0.29, 0.717) is 19.3 Å². The highest BCUT2D eigenvalue weighted by Gasteiger charge is 2.50. The van der Waals surface area contributed by atoms with Crippen LogP contribution in [0.25, 0.3) is 0 Å². The van der Waals surface area contributed by atoms with Gasteiger partial charge in [-0.15, -0.1) is 0 Å². The number of carbonyl (C=O) groups excluding carboxylic acids is 1. The molecule has 14 heteroatoms. The predicted octanol–water partition coefficient (Wildman–Crippen LogP) is -0.416. The standard InChI is InChI=1S/C31H59NO13/c1-3-5-7-8-9-10-11-13-14-20(35)19(32-23(36)15-12-6-4-2)18-42-30-28(41)26(39)29(22(17-34)44-30)45-31-27(40)25(38)24(37)21(16-33)43-31/h19-22,24-31,33-35,37-41H,3-18H2,1-2H3,(H,32,36).